The zero-order valence-electron chi connectivity index (χ0n) is 17.0. The summed E-state index contributed by atoms with van der Waals surface area (Å²) in [7, 11) is 0. The van der Waals surface area contributed by atoms with Crippen LogP contribution in [0.1, 0.15) is 20.9 Å². The van der Waals surface area contributed by atoms with Crippen molar-refractivity contribution in [2.45, 2.75) is 6.92 Å². The van der Waals surface area contributed by atoms with E-state index in [-0.39, 0.29) is 29.7 Å². The van der Waals surface area contributed by atoms with Gasteiger partial charge in [0.05, 0.1) is 10.6 Å². The number of benzene rings is 2. The van der Waals surface area contributed by atoms with Gasteiger partial charge in [0, 0.05) is 18.7 Å². The van der Waals surface area contributed by atoms with Gasteiger partial charge in [-0.3, -0.25) is 19.3 Å². The van der Waals surface area contributed by atoms with Crippen LogP contribution in [0.3, 0.4) is 0 Å². The Morgan fingerprint density at radius 3 is 2.56 bits per heavy atom. The monoisotopic (exact) mass is 467 g/mol. The molecule has 0 saturated carbocycles. The predicted molar refractivity (Wildman–Crippen MR) is 124 cm³/mol. The maximum Gasteiger partial charge on any atom is 0.293 e. The lowest BCUT2D eigenvalue weighted by Gasteiger charge is -2.12. The summed E-state index contributed by atoms with van der Waals surface area (Å²) in [5, 5.41) is 3.11. The van der Waals surface area contributed by atoms with Gasteiger partial charge < -0.3 is 5.32 Å². The number of carbonyl (C=O) groups is 3. The first-order chi connectivity index (χ1) is 15.4. The number of thiazole rings is 1. The third-order valence-electron chi connectivity index (χ3n) is 4.69. The fraction of sp³-hybridized carbons (Fsp3) is 0.130. The molecule has 3 amide bonds. The number of hydrogen-bond donors (Lipinski definition) is 1. The van der Waals surface area contributed by atoms with Gasteiger partial charge in [0.15, 0.2) is 0 Å². The minimum Gasteiger partial charge on any atom is -0.349 e. The maximum atomic E-state index is 13.0. The Kier molecular flexibility index (Phi) is 6.48. The molecule has 1 aliphatic heterocycles. The van der Waals surface area contributed by atoms with Crippen LogP contribution in [0.15, 0.2) is 59.5 Å². The highest BCUT2D eigenvalue weighted by molar-refractivity contribution is 8.18. The molecule has 9 heteroatoms. The molecule has 0 aliphatic carbocycles. The molecule has 1 saturated heterocycles. The molecule has 0 spiro atoms. The molecule has 32 heavy (non-hydrogen) atoms. The summed E-state index contributed by atoms with van der Waals surface area (Å²) in [6, 6.07) is 15.2. The van der Waals surface area contributed by atoms with E-state index in [9.17, 15) is 18.8 Å². The van der Waals surface area contributed by atoms with Crippen molar-refractivity contribution < 1.29 is 18.8 Å². The van der Waals surface area contributed by atoms with Gasteiger partial charge in [-0.2, -0.15) is 0 Å². The fourth-order valence-corrected chi connectivity index (χ4v) is 4.93. The fourth-order valence-electron chi connectivity index (χ4n) is 3.08. The Morgan fingerprint density at radius 2 is 1.84 bits per heavy atom. The van der Waals surface area contributed by atoms with Gasteiger partial charge in [-0.05, 0) is 42.5 Å². The molecule has 1 N–H and O–H groups in total. The van der Waals surface area contributed by atoms with Gasteiger partial charge in [0.2, 0.25) is 0 Å². The van der Waals surface area contributed by atoms with Crippen LogP contribution in [0.2, 0.25) is 0 Å². The van der Waals surface area contributed by atoms with Crippen LogP contribution in [0.4, 0.5) is 9.18 Å². The average Bonchev–Trinajstić information content (AvgIpc) is 3.30. The lowest BCUT2D eigenvalue weighted by atomic mass is 10.2. The second-order valence-electron chi connectivity index (χ2n) is 6.94. The van der Waals surface area contributed by atoms with E-state index in [4.69, 9.17) is 0 Å². The number of imide groups is 1. The third-order valence-corrected chi connectivity index (χ3v) is 6.80. The summed E-state index contributed by atoms with van der Waals surface area (Å²) in [6.07, 6.45) is 1.55. The van der Waals surface area contributed by atoms with Gasteiger partial charge >= 0.3 is 0 Å². The number of aromatic nitrogens is 1. The highest BCUT2D eigenvalue weighted by atomic mass is 32.2. The highest BCUT2D eigenvalue weighted by Gasteiger charge is 2.34. The van der Waals surface area contributed by atoms with Gasteiger partial charge in [-0.15, -0.1) is 11.3 Å². The molecule has 0 bridgehead atoms. The molecule has 6 nitrogen and oxygen atoms in total. The van der Waals surface area contributed by atoms with Crippen LogP contribution in [-0.2, 0) is 4.79 Å². The third kappa shape index (κ3) is 4.79. The SMILES string of the molecule is Cc1nc(-c2ccccc2)sc1C(=O)NCCN1C(=O)S/C(=C\c2ccc(F)cc2)C1=O. The number of thioether (sulfide) groups is 1. The van der Waals surface area contributed by atoms with Crippen LogP contribution < -0.4 is 5.32 Å². The molecule has 2 heterocycles. The first kappa shape index (κ1) is 21.9. The van der Waals surface area contributed by atoms with E-state index in [1.807, 2.05) is 30.3 Å². The van der Waals surface area contributed by atoms with Crippen molar-refractivity contribution in [1.29, 1.82) is 0 Å². The number of halogens is 1. The van der Waals surface area contributed by atoms with Crippen LogP contribution in [0.5, 0.6) is 0 Å². The first-order valence-electron chi connectivity index (χ1n) is 9.74. The molecular formula is C23H18FN3O3S2. The Balaban J connectivity index is 1.37. The summed E-state index contributed by atoms with van der Waals surface area (Å²) in [6.45, 7) is 1.95. The molecule has 3 aromatic rings. The number of aryl methyl sites for hydroxylation is 1. The lowest BCUT2D eigenvalue weighted by Crippen LogP contribution is -2.37. The van der Waals surface area contributed by atoms with Crippen LogP contribution in [0, 0.1) is 12.7 Å². The molecule has 1 aromatic heterocycles. The van der Waals surface area contributed by atoms with E-state index >= 15 is 0 Å². The van der Waals surface area contributed by atoms with Crippen molar-refractivity contribution in [3.63, 3.8) is 0 Å². The maximum absolute atomic E-state index is 13.0. The minimum atomic E-state index is -0.432. The number of hydrogen-bond acceptors (Lipinski definition) is 6. The summed E-state index contributed by atoms with van der Waals surface area (Å²) in [4.78, 5) is 43.7. The number of rotatable bonds is 6. The second kappa shape index (κ2) is 9.46. The molecule has 2 aromatic carbocycles. The van der Waals surface area contributed by atoms with Gasteiger partial charge in [-0.25, -0.2) is 9.37 Å². The first-order valence-corrected chi connectivity index (χ1v) is 11.4. The van der Waals surface area contributed by atoms with E-state index < -0.39 is 11.1 Å². The van der Waals surface area contributed by atoms with Gasteiger partial charge in [-0.1, -0.05) is 42.5 Å². The molecule has 162 valence electrons. The Labute approximate surface area is 192 Å². The van der Waals surface area contributed by atoms with E-state index in [2.05, 4.69) is 10.3 Å². The number of nitrogens with one attached hydrogen (secondary N) is 1. The van der Waals surface area contributed by atoms with E-state index in [1.165, 1.54) is 35.6 Å². The Morgan fingerprint density at radius 1 is 1.12 bits per heavy atom. The van der Waals surface area contributed by atoms with Gasteiger partial charge in [0.1, 0.15) is 15.7 Å². The normalized spacial score (nSPS) is 14.9. The van der Waals surface area contributed by atoms with E-state index in [0.717, 1.165) is 27.2 Å². The molecule has 1 fully saturated rings. The molecular weight excluding hydrogens is 449 g/mol. The predicted octanol–water partition coefficient (Wildman–Crippen LogP) is 4.72. The van der Waals surface area contributed by atoms with Crippen LogP contribution in [-0.4, -0.2) is 40.0 Å². The van der Waals surface area contributed by atoms with Crippen molar-refractivity contribution in [3.05, 3.63) is 81.5 Å². The molecule has 0 unspecified atom stereocenters. The summed E-state index contributed by atoms with van der Waals surface area (Å²) >= 11 is 2.12. The lowest BCUT2D eigenvalue weighted by molar-refractivity contribution is -0.122. The summed E-state index contributed by atoms with van der Waals surface area (Å²) < 4.78 is 13.0. The molecule has 4 rings (SSSR count). The van der Waals surface area contributed by atoms with Crippen molar-refractivity contribution >= 4 is 46.2 Å². The van der Waals surface area contributed by atoms with Crippen molar-refractivity contribution in [2.24, 2.45) is 0 Å². The van der Waals surface area contributed by atoms with Crippen molar-refractivity contribution in [3.8, 4) is 10.6 Å². The zero-order chi connectivity index (χ0) is 22.7. The number of amides is 3. The largest absolute Gasteiger partial charge is 0.349 e. The average molecular weight is 468 g/mol. The summed E-state index contributed by atoms with van der Waals surface area (Å²) in [5.41, 5.74) is 2.19. The highest BCUT2D eigenvalue weighted by Crippen LogP contribution is 2.32. The number of nitrogens with zero attached hydrogens (tertiary/aromatic N) is 2. The molecule has 0 atom stereocenters. The Hall–Kier alpha value is -3.30. The van der Waals surface area contributed by atoms with E-state index in [1.54, 1.807) is 13.0 Å². The Bertz CT molecular complexity index is 1210. The quantitative estimate of drug-likeness (QED) is 0.531. The standard InChI is InChI=1S/C23H18FN3O3S2/c1-14-19(32-21(26-14)16-5-3-2-4-6-16)20(28)25-11-12-27-22(29)18(31-23(27)30)13-15-7-9-17(24)10-8-15/h2-10,13H,11-12H2,1H3,(H,25,28)/b18-13-. The van der Waals surface area contributed by atoms with Crippen LogP contribution >= 0.6 is 23.1 Å². The minimum absolute atomic E-state index is 0.0561. The number of carbonyl (C=O) groups excluding carboxylic acids is 3. The van der Waals surface area contributed by atoms with E-state index in [0.29, 0.717) is 16.1 Å². The molecule has 1 aliphatic rings. The topological polar surface area (TPSA) is 79.4 Å². The van der Waals surface area contributed by atoms with Gasteiger partial charge in [0.25, 0.3) is 17.1 Å². The zero-order valence-corrected chi connectivity index (χ0v) is 18.6. The van der Waals surface area contributed by atoms with Crippen LogP contribution in [0.25, 0.3) is 16.6 Å². The van der Waals surface area contributed by atoms with Crippen molar-refractivity contribution in [1.82, 2.24) is 15.2 Å². The molecule has 0 radical (unpaired) electrons. The second-order valence-corrected chi connectivity index (χ2v) is 8.93. The summed E-state index contributed by atoms with van der Waals surface area (Å²) in [5.74, 6) is -1.10. The van der Waals surface area contributed by atoms with Crippen molar-refractivity contribution in [2.75, 3.05) is 13.1 Å². The smallest absolute Gasteiger partial charge is 0.293 e.